The molecule has 0 aromatic heterocycles. The Hall–Kier alpha value is -1.22. The fraction of sp³-hybridized carbons (Fsp3) is 0.625. The van der Waals surface area contributed by atoms with E-state index in [0.29, 0.717) is 0 Å². The third-order valence-electron chi connectivity index (χ3n) is 4.27. The normalized spacial score (nSPS) is 16.4. The number of piperidine rings is 1. The van der Waals surface area contributed by atoms with Gasteiger partial charge in [0.1, 0.15) is 0 Å². The highest BCUT2D eigenvalue weighted by Gasteiger charge is 2.20. The van der Waals surface area contributed by atoms with Crippen molar-refractivity contribution in [1.29, 1.82) is 0 Å². The van der Waals surface area contributed by atoms with E-state index < -0.39 is 0 Å². The molecule has 3 heteroatoms. The molecular weight excluding hydrogens is 238 g/mol. The first kappa shape index (κ1) is 14.2. The van der Waals surface area contributed by atoms with Crippen LogP contribution in [0, 0.1) is 19.8 Å². The van der Waals surface area contributed by atoms with E-state index in [0.717, 1.165) is 36.9 Å². The zero-order chi connectivity index (χ0) is 13.8. The molecule has 1 saturated heterocycles. The lowest BCUT2D eigenvalue weighted by Gasteiger charge is -2.25. The van der Waals surface area contributed by atoms with Crippen molar-refractivity contribution in [2.24, 2.45) is 5.92 Å². The van der Waals surface area contributed by atoms with Crippen LogP contribution >= 0.6 is 0 Å². The van der Waals surface area contributed by atoms with Crippen LogP contribution in [0.15, 0.2) is 6.07 Å². The van der Waals surface area contributed by atoms with E-state index in [1.165, 1.54) is 29.5 Å². The molecule has 1 aliphatic heterocycles. The minimum absolute atomic E-state index is 0.750. The molecule has 1 fully saturated rings. The van der Waals surface area contributed by atoms with E-state index in [1.54, 1.807) is 14.2 Å². The van der Waals surface area contributed by atoms with E-state index in [9.17, 15) is 0 Å². The second kappa shape index (κ2) is 6.29. The topological polar surface area (TPSA) is 30.5 Å². The quantitative estimate of drug-likeness (QED) is 0.906. The van der Waals surface area contributed by atoms with Crippen LogP contribution in [0.1, 0.15) is 29.5 Å². The number of benzene rings is 1. The number of hydrogen-bond donors (Lipinski definition) is 1. The van der Waals surface area contributed by atoms with Crippen molar-refractivity contribution >= 4 is 0 Å². The smallest absolute Gasteiger partial charge is 0.164 e. The van der Waals surface area contributed by atoms with Gasteiger partial charge in [0.2, 0.25) is 0 Å². The Morgan fingerprint density at radius 1 is 1.16 bits per heavy atom. The minimum Gasteiger partial charge on any atom is -0.493 e. The second-order valence-corrected chi connectivity index (χ2v) is 5.43. The average molecular weight is 263 g/mol. The predicted molar refractivity (Wildman–Crippen MR) is 78.3 cm³/mol. The summed E-state index contributed by atoms with van der Waals surface area (Å²) in [6.45, 7) is 6.60. The van der Waals surface area contributed by atoms with Crippen molar-refractivity contribution < 1.29 is 9.47 Å². The van der Waals surface area contributed by atoms with Crippen LogP contribution < -0.4 is 14.8 Å². The van der Waals surface area contributed by atoms with Gasteiger partial charge in [-0.15, -0.1) is 0 Å². The molecule has 0 atom stereocenters. The maximum Gasteiger partial charge on any atom is 0.164 e. The van der Waals surface area contributed by atoms with E-state index in [-0.39, 0.29) is 0 Å². The molecule has 0 unspecified atom stereocenters. The third-order valence-corrected chi connectivity index (χ3v) is 4.27. The van der Waals surface area contributed by atoms with E-state index in [1.807, 2.05) is 0 Å². The van der Waals surface area contributed by atoms with Gasteiger partial charge < -0.3 is 14.8 Å². The zero-order valence-corrected chi connectivity index (χ0v) is 12.5. The Bertz CT molecular complexity index is 437. The van der Waals surface area contributed by atoms with Crippen molar-refractivity contribution in [2.45, 2.75) is 33.1 Å². The van der Waals surface area contributed by atoms with Gasteiger partial charge in [0.15, 0.2) is 11.5 Å². The van der Waals surface area contributed by atoms with Gasteiger partial charge in [-0.3, -0.25) is 0 Å². The summed E-state index contributed by atoms with van der Waals surface area (Å²) in [5.41, 5.74) is 3.95. The fourth-order valence-corrected chi connectivity index (χ4v) is 2.92. The van der Waals surface area contributed by atoms with Gasteiger partial charge in [0.05, 0.1) is 14.2 Å². The predicted octanol–water partition coefficient (Wildman–Crippen LogP) is 2.86. The first-order chi connectivity index (χ1) is 9.17. The minimum atomic E-state index is 0.750. The fourth-order valence-electron chi connectivity index (χ4n) is 2.92. The lowest BCUT2D eigenvalue weighted by atomic mass is 9.87. The number of rotatable bonds is 4. The lowest BCUT2D eigenvalue weighted by molar-refractivity contribution is 0.338. The highest BCUT2D eigenvalue weighted by atomic mass is 16.5. The van der Waals surface area contributed by atoms with Crippen molar-refractivity contribution in [3.8, 4) is 11.5 Å². The van der Waals surface area contributed by atoms with E-state index in [4.69, 9.17) is 9.47 Å². The number of methoxy groups -OCH3 is 2. The Morgan fingerprint density at radius 3 is 2.42 bits per heavy atom. The molecule has 1 aromatic rings. The van der Waals surface area contributed by atoms with Crippen LogP contribution in [0.4, 0.5) is 0 Å². The van der Waals surface area contributed by atoms with Gasteiger partial charge in [0.25, 0.3) is 0 Å². The standard InChI is InChI=1S/C16H25NO2/c1-11-9-15(18-3)16(19-4)14(12(11)2)10-13-5-7-17-8-6-13/h9,13,17H,5-8,10H2,1-4H3. The molecule has 0 spiro atoms. The monoisotopic (exact) mass is 263 g/mol. The molecule has 0 saturated carbocycles. The summed E-state index contributed by atoms with van der Waals surface area (Å²) in [5.74, 6) is 2.53. The summed E-state index contributed by atoms with van der Waals surface area (Å²) in [6.07, 6.45) is 3.59. The highest BCUT2D eigenvalue weighted by molar-refractivity contribution is 5.54. The molecule has 1 N–H and O–H groups in total. The Kier molecular flexibility index (Phi) is 4.70. The first-order valence-corrected chi connectivity index (χ1v) is 7.09. The van der Waals surface area contributed by atoms with Gasteiger partial charge in [-0.2, -0.15) is 0 Å². The second-order valence-electron chi connectivity index (χ2n) is 5.43. The molecule has 2 rings (SSSR count). The Balaban J connectivity index is 2.33. The van der Waals surface area contributed by atoms with Crippen molar-refractivity contribution in [3.05, 3.63) is 22.8 Å². The van der Waals surface area contributed by atoms with Gasteiger partial charge in [-0.1, -0.05) is 0 Å². The highest BCUT2D eigenvalue weighted by Crippen LogP contribution is 2.37. The van der Waals surface area contributed by atoms with Gasteiger partial charge in [-0.25, -0.2) is 0 Å². The maximum atomic E-state index is 5.60. The van der Waals surface area contributed by atoms with Crippen LogP contribution in [0.25, 0.3) is 0 Å². The summed E-state index contributed by atoms with van der Waals surface area (Å²) in [4.78, 5) is 0. The molecule has 106 valence electrons. The number of aryl methyl sites for hydroxylation is 1. The molecular formula is C16H25NO2. The number of ether oxygens (including phenoxy) is 2. The molecule has 1 aromatic carbocycles. The van der Waals surface area contributed by atoms with Crippen LogP contribution in [0.5, 0.6) is 11.5 Å². The molecule has 0 amide bonds. The van der Waals surface area contributed by atoms with E-state index >= 15 is 0 Å². The van der Waals surface area contributed by atoms with Crippen LogP contribution in [0.3, 0.4) is 0 Å². The van der Waals surface area contributed by atoms with Gasteiger partial charge in [0, 0.05) is 5.56 Å². The molecule has 0 radical (unpaired) electrons. The summed E-state index contributed by atoms with van der Waals surface area (Å²) in [5, 5.41) is 3.42. The van der Waals surface area contributed by atoms with Crippen molar-refractivity contribution in [3.63, 3.8) is 0 Å². The first-order valence-electron chi connectivity index (χ1n) is 7.09. The average Bonchev–Trinajstić information content (AvgIpc) is 2.44. The largest absolute Gasteiger partial charge is 0.493 e. The van der Waals surface area contributed by atoms with Crippen LogP contribution in [-0.2, 0) is 6.42 Å². The lowest BCUT2D eigenvalue weighted by Crippen LogP contribution is -2.29. The SMILES string of the molecule is COc1cc(C)c(C)c(CC2CCNCC2)c1OC. The van der Waals surface area contributed by atoms with Gasteiger partial charge in [-0.05, 0) is 69.3 Å². The maximum absolute atomic E-state index is 5.60. The molecule has 1 aliphatic rings. The Labute approximate surface area is 116 Å². The third kappa shape index (κ3) is 3.03. The van der Waals surface area contributed by atoms with Crippen molar-refractivity contribution in [1.82, 2.24) is 5.32 Å². The summed E-state index contributed by atoms with van der Waals surface area (Å²) in [6, 6.07) is 2.07. The molecule has 0 aliphatic carbocycles. The van der Waals surface area contributed by atoms with Crippen LogP contribution in [-0.4, -0.2) is 27.3 Å². The van der Waals surface area contributed by atoms with Crippen LogP contribution in [0.2, 0.25) is 0 Å². The Morgan fingerprint density at radius 2 is 1.84 bits per heavy atom. The zero-order valence-electron chi connectivity index (χ0n) is 12.5. The summed E-state index contributed by atoms with van der Waals surface area (Å²) in [7, 11) is 3.44. The summed E-state index contributed by atoms with van der Waals surface area (Å²) < 4.78 is 11.1. The molecule has 19 heavy (non-hydrogen) atoms. The van der Waals surface area contributed by atoms with E-state index in [2.05, 4.69) is 25.2 Å². The summed E-state index contributed by atoms with van der Waals surface area (Å²) >= 11 is 0. The molecule has 1 heterocycles. The number of hydrogen-bond acceptors (Lipinski definition) is 3. The number of nitrogens with one attached hydrogen (secondary N) is 1. The van der Waals surface area contributed by atoms with Crippen molar-refractivity contribution in [2.75, 3.05) is 27.3 Å². The molecule has 0 bridgehead atoms. The molecule has 3 nitrogen and oxygen atoms in total. The van der Waals surface area contributed by atoms with Gasteiger partial charge >= 0.3 is 0 Å².